The molecule has 0 aliphatic heterocycles. The fraction of sp³-hybridized carbons (Fsp3) is 0.455. The van der Waals surface area contributed by atoms with E-state index in [1.54, 1.807) is 6.92 Å². The maximum atomic E-state index is 13.6. The van der Waals surface area contributed by atoms with E-state index in [0.717, 1.165) is 6.07 Å². The van der Waals surface area contributed by atoms with Gasteiger partial charge in [-0.3, -0.25) is 10.1 Å². The lowest BCUT2D eigenvalue weighted by atomic mass is 10.2. The molecule has 1 aromatic rings. The van der Waals surface area contributed by atoms with E-state index in [1.165, 1.54) is 14.2 Å². The van der Waals surface area contributed by atoms with Crippen molar-refractivity contribution >= 4 is 11.4 Å². The van der Waals surface area contributed by atoms with Crippen LogP contribution in [-0.2, 0) is 9.47 Å². The molecule has 1 rings (SSSR count). The summed E-state index contributed by atoms with van der Waals surface area (Å²) in [5.74, 6) is -2.49. The number of methoxy groups -OCH3 is 2. The fourth-order valence-corrected chi connectivity index (χ4v) is 1.63. The number of benzene rings is 1. The third-order valence-electron chi connectivity index (χ3n) is 2.51. The largest absolute Gasteiger partial charge is 0.369 e. The lowest BCUT2D eigenvalue weighted by molar-refractivity contribution is -0.384. The third-order valence-corrected chi connectivity index (χ3v) is 2.51. The lowest BCUT2D eigenvalue weighted by Gasteiger charge is -2.23. The third kappa shape index (κ3) is 3.36. The van der Waals surface area contributed by atoms with Crippen molar-refractivity contribution in [1.29, 1.82) is 0 Å². The molecule has 1 atom stereocenters. The van der Waals surface area contributed by atoms with Gasteiger partial charge in [0.05, 0.1) is 11.0 Å². The number of rotatable bonds is 6. The highest BCUT2D eigenvalue weighted by molar-refractivity contribution is 5.63. The maximum Gasteiger partial charge on any atom is 0.295 e. The maximum absolute atomic E-state index is 13.6. The van der Waals surface area contributed by atoms with Gasteiger partial charge in [-0.25, -0.2) is 8.78 Å². The topological polar surface area (TPSA) is 73.6 Å². The number of hydrogen-bond acceptors (Lipinski definition) is 5. The molecule has 1 unspecified atom stereocenters. The Kier molecular flexibility index (Phi) is 5.13. The van der Waals surface area contributed by atoms with Crippen LogP contribution in [0.2, 0.25) is 0 Å². The van der Waals surface area contributed by atoms with Gasteiger partial charge >= 0.3 is 0 Å². The summed E-state index contributed by atoms with van der Waals surface area (Å²) in [5, 5.41) is 13.3. The van der Waals surface area contributed by atoms with Crippen LogP contribution in [0, 0.1) is 21.7 Å². The van der Waals surface area contributed by atoms with Crippen LogP contribution in [-0.4, -0.2) is 31.5 Å². The first-order valence-electron chi connectivity index (χ1n) is 5.36. The van der Waals surface area contributed by atoms with Crippen molar-refractivity contribution in [2.45, 2.75) is 19.3 Å². The Morgan fingerprint density at radius 3 is 2.37 bits per heavy atom. The van der Waals surface area contributed by atoms with Gasteiger partial charge in [0.15, 0.2) is 23.6 Å². The van der Waals surface area contributed by atoms with E-state index in [1.807, 2.05) is 0 Å². The quantitative estimate of drug-likeness (QED) is 0.490. The van der Waals surface area contributed by atoms with Crippen LogP contribution in [0.4, 0.5) is 20.2 Å². The molecule has 0 bridgehead atoms. The molecule has 106 valence electrons. The number of hydrogen-bond donors (Lipinski definition) is 1. The molecule has 0 saturated carbocycles. The van der Waals surface area contributed by atoms with Crippen molar-refractivity contribution in [1.82, 2.24) is 0 Å². The molecule has 8 heteroatoms. The standard InChI is InChI=1S/C11H14F2N2O4/c1-6(11(18-2)19-3)14-10-8(15(16)17)5-4-7(12)9(10)13/h4-6,11,14H,1-3H3. The van der Waals surface area contributed by atoms with Crippen molar-refractivity contribution in [3.05, 3.63) is 33.9 Å². The zero-order valence-electron chi connectivity index (χ0n) is 10.6. The Morgan fingerprint density at radius 1 is 1.32 bits per heavy atom. The van der Waals surface area contributed by atoms with Gasteiger partial charge in [-0.05, 0) is 13.0 Å². The van der Waals surface area contributed by atoms with Gasteiger partial charge in [0.2, 0.25) is 0 Å². The Balaban J connectivity index is 3.11. The molecule has 0 heterocycles. The molecule has 0 aliphatic carbocycles. The smallest absolute Gasteiger partial charge is 0.295 e. The van der Waals surface area contributed by atoms with Gasteiger partial charge in [0.25, 0.3) is 5.69 Å². The predicted molar refractivity (Wildman–Crippen MR) is 63.9 cm³/mol. The van der Waals surface area contributed by atoms with Crippen LogP contribution in [0.15, 0.2) is 12.1 Å². The highest BCUT2D eigenvalue weighted by atomic mass is 19.2. The molecule has 0 saturated heterocycles. The SMILES string of the molecule is COC(OC)C(C)Nc1c([N+](=O)[O-])ccc(F)c1F. The molecule has 1 N–H and O–H groups in total. The van der Waals surface area contributed by atoms with Crippen LogP contribution in [0.25, 0.3) is 0 Å². The summed E-state index contributed by atoms with van der Waals surface area (Å²) in [6.45, 7) is 1.56. The molecule has 19 heavy (non-hydrogen) atoms. The van der Waals surface area contributed by atoms with Crippen LogP contribution in [0.5, 0.6) is 0 Å². The van der Waals surface area contributed by atoms with Crippen molar-refractivity contribution in [2.24, 2.45) is 0 Å². The average Bonchev–Trinajstić information content (AvgIpc) is 2.36. The van der Waals surface area contributed by atoms with Gasteiger partial charge in [-0.1, -0.05) is 0 Å². The fourth-order valence-electron chi connectivity index (χ4n) is 1.63. The van der Waals surface area contributed by atoms with Gasteiger partial charge in [0.1, 0.15) is 0 Å². The molecule has 0 spiro atoms. The van der Waals surface area contributed by atoms with E-state index in [0.29, 0.717) is 6.07 Å². The van der Waals surface area contributed by atoms with Crippen molar-refractivity contribution in [3.63, 3.8) is 0 Å². The predicted octanol–water partition coefficient (Wildman–Crippen LogP) is 2.29. The molecule has 6 nitrogen and oxygen atoms in total. The molecule has 0 aromatic heterocycles. The molecule has 0 fully saturated rings. The van der Waals surface area contributed by atoms with E-state index in [9.17, 15) is 18.9 Å². The van der Waals surface area contributed by atoms with E-state index < -0.39 is 40.3 Å². The number of nitrogens with one attached hydrogen (secondary N) is 1. The highest BCUT2D eigenvalue weighted by Crippen LogP contribution is 2.30. The number of nitro benzene ring substituents is 1. The molecular formula is C11H14F2N2O4. The zero-order valence-corrected chi connectivity index (χ0v) is 10.6. The van der Waals surface area contributed by atoms with Gasteiger partial charge in [-0.2, -0.15) is 0 Å². The molecule has 0 amide bonds. The van der Waals surface area contributed by atoms with Crippen LogP contribution in [0.3, 0.4) is 0 Å². The Morgan fingerprint density at radius 2 is 1.89 bits per heavy atom. The zero-order chi connectivity index (χ0) is 14.6. The summed E-state index contributed by atoms with van der Waals surface area (Å²) < 4.78 is 36.6. The number of halogens is 2. The summed E-state index contributed by atoms with van der Waals surface area (Å²) in [4.78, 5) is 9.99. The van der Waals surface area contributed by atoms with Crippen LogP contribution >= 0.6 is 0 Å². The van der Waals surface area contributed by atoms with Crippen molar-refractivity contribution in [2.75, 3.05) is 19.5 Å². The minimum atomic E-state index is -1.31. The molecular weight excluding hydrogens is 262 g/mol. The van der Waals surface area contributed by atoms with Gasteiger partial charge < -0.3 is 14.8 Å². The minimum Gasteiger partial charge on any atom is -0.369 e. The second kappa shape index (κ2) is 6.39. The van der Waals surface area contributed by atoms with Gasteiger partial charge in [0, 0.05) is 20.3 Å². The van der Waals surface area contributed by atoms with E-state index >= 15 is 0 Å². The van der Waals surface area contributed by atoms with Crippen molar-refractivity contribution in [3.8, 4) is 0 Å². The monoisotopic (exact) mass is 276 g/mol. The normalized spacial score (nSPS) is 12.5. The summed E-state index contributed by atoms with van der Waals surface area (Å²) >= 11 is 0. The van der Waals surface area contributed by atoms with E-state index in [-0.39, 0.29) is 0 Å². The average molecular weight is 276 g/mol. The number of ether oxygens (including phenoxy) is 2. The molecule has 0 aliphatic rings. The van der Waals surface area contributed by atoms with Crippen LogP contribution < -0.4 is 5.32 Å². The number of anilines is 1. The van der Waals surface area contributed by atoms with E-state index in [2.05, 4.69) is 5.32 Å². The molecule has 1 aromatic carbocycles. The van der Waals surface area contributed by atoms with E-state index in [4.69, 9.17) is 9.47 Å². The lowest BCUT2D eigenvalue weighted by Crippen LogP contribution is -2.34. The van der Waals surface area contributed by atoms with Crippen molar-refractivity contribution < 1.29 is 23.2 Å². The van der Waals surface area contributed by atoms with Gasteiger partial charge in [-0.15, -0.1) is 0 Å². The first kappa shape index (κ1) is 15.3. The van der Waals surface area contributed by atoms with Crippen LogP contribution in [0.1, 0.15) is 6.92 Å². The second-order valence-corrected chi connectivity index (χ2v) is 3.79. The second-order valence-electron chi connectivity index (χ2n) is 3.79. The summed E-state index contributed by atoms with van der Waals surface area (Å²) in [6.07, 6.45) is -0.762. The number of nitro groups is 1. The first-order valence-corrected chi connectivity index (χ1v) is 5.36. The number of nitrogens with zero attached hydrogens (tertiary/aromatic N) is 1. The Bertz CT molecular complexity index is 466. The summed E-state index contributed by atoms with van der Waals surface area (Å²) in [7, 11) is 2.73. The molecule has 0 radical (unpaired) electrons. The first-order chi connectivity index (χ1) is 8.92. The summed E-state index contributed by atoms with van der Waals surface area (Å²) in [6, 6.07) is 0.972. The Labute approximate surface area is 108 Å². The Hall–Kier alpha value is -1.80. The highest BCUT2D eigenvalue weighted by Gasteiger charge is 2.25. The summed E-state index contributed by atoms with van der Waals surface area (Å²) in [5.41, 5.74) is -1.09. The minimum absolute atomic E-state index is 0.531.